The molecule has 0 bridgehead atoms. The Kier molecular flexibility index (Phi) is 6.51. The summed E-state index contributed by atoms with van der Waals surface area (Å²) in [7, 11) is 0. The Morgan fingerprint density at radius 2 is 2.10 bits per heavy atom. The molecule has 0 aliphatic carbocycles. The van der Waals surface area contributed by atoms with Gasteiger partial charge in [-0.3, -0.25) is 0 Å². The second-order valence-corrected chi connectivity index (χ2v) is 5.47. The number of nitrogens with one attached hydrogen (secondary N) is 1. The number of hydrogen-bond donors (Lipinski definition) is 1. The second-order valence-electron chi connectivity index (χ2n) is 5.47. The average molecular weight is 277 g/mol. The summed E-state index contributed by atoms with van der Waals surface area (Å²) in [5, 5.41) is 3.51. The predicted octanol–water partition coefficient (Wildman–Crippen LogP) is 2.95. The molecule has 1 aromatic rings. The van der Waals surface area contributed by atoms with E-state index >= 15 is 0 Å². The lowest BCUT2D eigenvalue weighted by molar-refractivity contribution is 0.0747. The molecule has 1 aliphatic heterocycles. The summed E-state index contributed by atoms with van der Waals surface area (Å²) in [4.78, 5) is 0. The van der Waals surface area contributed by atoms with Crippen LogP contribution in [-0.2, 0) is 15.9 Å². The number of benzene rings is 1. The molecule has 20 heavy (non-hydrogen) atoms. The molecule has 0 aromatic heterocycles. The fraction of sp³-hybridized carbons (Fsp3) is 0.647. The maximum atomic E-state index is 5.90. The lowest BCUT2D eigenvalue weighted by Crippen LogP contribution is -2.26. The van der Waals surface area contributed by atoms with Crippen LogP contribution in [0.25, 0.3) is 0 Å². The van der Waals surface area contributed by atoms with Gasteiger partial charge in [-0.2, -0.15) is 0 Å². The van der Waals surface area contributed by atoms with Crippen LogP contribution in [0.4, 0.5) is 0 Å². The lowest BCUT2D eigenvalue weighted by atomic mass is 10.0. The van der Waals surface area contributed by atoms with E-state index in [0.717, 1.165) is 45.8 Å². The fourth-order valence-corrected chi connectivity index (χ4v) is 2.57. The van der Waals surface area contributed by atoms with E-state index in [1.807, 2.05) is 0 Å². The topological polar surface area (TPSA) is 30.5 Å². The van der Waals surface area contributed by atoms with Crippen molar-refractivity contribution in [2.45, 2.75) is 32.7 Å². The van der Waals surface area contributed by atoms with Crippen LogP contribution in [0.3, 0.4) is 0 Å². The Bertz CT molecular complexity index is 371. The molecule has 1 saturated heterocycles. The van der Waals surface area contributed by atoms with Crippen LogP contribution in [0.1, 0.15) is 37.4 Å². The Hall–Kier alpha value is -0.900. The summed E-state index contributed by atoms with van der Waals surface area (Å²) in [6.07, 6.45) is 2.22. The van der Waals surface area contributed by atoms with Gasteiger partial charge in [-0.05, 0) is 30.5 Å². The minimum Gasteiger partial charge on any atom is -0.381 e. The fourth-order valence-electron chi connectivity index (χ4n) is 2.57. The van der Waals surface area contributed by atoms with Crippen LogP contribution >= 0.6 is 0 Å². The van der Waals surface area contributed by atoms with E-state index in [2.05, 4.69) is 43.4 Å². The molecule has 1 aliphatic rings. The highest BCUT2D eigenvalue weighted by atomic mass is 16.5. The largest absolute Gasteiger partial charge is 0.381 e. The average Bonchev–Trinajstić information content (AvgIpc) is 3.00. The third-order valence-corrected chi connectivity index (χ3v) is 3.90. The van der Waals surface area contributed by atoms with E-state index < -0.39 is 0 Å². The Balaban J connectivity index is 1.84. The van der Waals surface area contributed by atoms with Gasteiger partial charge in [0.15, 0.2) is 0 Å². The first-order valence-electron chi connectivity index (χ1n) is 7.81. The van der Waals surface area contributed by atoms with Crippen LogP contribution < -0.4 is 5.32 Å². The minimum absolute atomic E-state index is 0.285. The first-order valence-corrected chi connectivity index (χ1v) is 7.81. The maximum absolute atomic E-state index is 5.90. The summed E-state index contributed by atoms with van der Waals surface area (Å²) >= 11 is 0. The molecule has 0 radical (unpaired) electrons. The first-order chi connectivity index (χ1) is 9.83. The second kappa shape index (κ2) is 8.40. The molecule has 2 unspecified atom stereocenters. The van der Waals surface area contributed by atoms with E-state index in [9.17, 15) is 0 Å². The highest BCUT2D eigenvalue weighted by Gasteiger charge is 2.17. The van der Waals surface area contributed by atoms with Crippen LogP contribution in [0.5, 0.6) is 0 Å². The number of ether oxygens (including phenoxy) is 2. The number of aryl methyl sites for hydroxylation is 1. The van der Waals surface area contributed by atoms with Crippen molar-refractivity contribution in [3.8, 4) is 0 Å². The zero-order chi connectivity index (χ0) is 14.2. The molecule has 0 spiro atoms. The van der Waals surface area contributed by atoms with Gasteiger partial charge in [0.25, 0.3) is 0 Å². The van der Waals surface area contributed by atoms with E-state index in [0.29, 0.717) is 5.92 Å². The molecule has 3 nitrogen and oxygen atoms in total. The molecule has 3 heteroatoms. The van der Waals surface area contributed by atoms with Crippen molar-refractivity contribution < 1.29 is 9.47 Å². The van der Waals surface area contributed by atoms with Crippen LogP contribution in [0, 0.1) is 5.92 Å². The lowest BCUT2D eigenvalue weighted by Gasteiger charge is -2.20. The molecule has 2 rings (SSSR count). The van der Waals surface area contributed by atoms with E-state index in [1.165, 1.54) is 11.1 Å². The summed E-state index contributed by atoms with van der Waals surface area (Å²) in [5.41, 5.74) is 2.69. The molecule has 1 heterocycles. The van der Waals surface area contributed by atoms with E-state index in [1.54, 1.807) is 0 Å². The van der Waals surface area contributed by atoms with Crippen molar-refractivity contribution in [2.24, 2.45) is 5.92 Å². The summed E-state index contributed by atoms with van der Waals surface area (Å²) in [5.74, 6) is 0.583. The van der Waals surface area contributed by atoms with Gasteiger partial charge in [0.05, 0.1) is 25.9 Å². The van der Waals surface area contributed by atoms with Gasteiger partial charge in [-0.15, -0.1) is 0 Å². The van der Waals surface area contributed by atoms with Gasteiger partial charge >= 0.3 is 0 Å². The Labute approximate surface area is 122 Å². The van der Waals surface area contributed by atoms with Gasteiger partial charge in [0, 0.05) is 12.5 Å². The number of hydrogen-bond acceptors (Lipinski definition) is 3. The highest BCUT2D eigenvalue weighted by Crippen LogP contribution is 2.17. The van der Waals surface area contributed by atoms with E-state index in [-0.39, 0.29) is 6.04 Å². The van der Waals surface area contributed by atoms with Gasteiger partial charge in [0.1, 0.15) is 0 Å². The molecule has 0 saturated carbocycles. The number of likely N-dealkylation sites (N-methyl/N-ethyl adjacent to an activating group) is 1. The van der Waals surface area contributed by atoms with Crippen molar-refractivity contribution in [1.82, 2.24) is 5.32 Å². The first kappa shape index (κ1) is 15.5. The van der Waals surface area contributed by atoms with Crippen molar-refractivity contribution in [3.05, 3.63) is 35.4 Å². The summed E-state index contributed by atoms with van der Waals surface area (Å²) in [6, 6.07) is 9.14. The van der Waals surface area contributed by atoms with Crippen molar-refractivity contribution in [3.63, 3.8) is 0 Å². The minimum atomic E-state index is 0.285. The maximum Gasteiger partial charge on any atom is 0.0661 e. The summed E-state index contributed by atoms with van der Waals surface area (Å²) in [6.45, 7) is 8.57. The predicted molar refractivity (Wildman–Crippen MR) is 82.0 cm³/mol. The Morgan fingerprint density at radius 3 is 2.70 bits per heavy atom. The van der Waals surface area contributed by atoms with Crippen molar-refractivity contribution >= 4 is 0 Å². The molecule has 1 N–H and O–H groups in total. The van der Waals surface area contributed by atoms with Crippen LogP contribution in [-0.4, -0.2) is 33.0 Å². The Morgan fingerprint density at radius 1 is 1.30 bits per heavy atom. The van der Waals surface area contributed by atoms with Crippen LogP contribution in [0.15, 0.2) is 24.3 Å². The zero-order valence-corrected chi connectivity index (χ0v) is 12.7. The molecule has 1 aromatic carbocycles. The molecule has 2 atom stereocenters. The molecular weight excluding hydrogens is 250 g/mol. The normalized spacial score (nSPS) is 20.2. The third kappa shape index (κ3) is 4.58. The SMILES string of the molecule is CCNC(COCC1CCOC1)c1ccc(CC)cc1. The van der Waals surface area contributed by atoms with Gasteiger partial charge < -0.3 is 14.8 Å². The van der Waals surface area contributed by atoms with Gasteiger partial charge in [0.2, 0.25) is 0 Å². The van der Waals surface area contributed by atoms with Crippen molar-refractivity contribution in [2.75, 3.05) is 33.0 Å². The summed E-state index contributed by atoms with van der Waals surface area (Å²) < 4.78 is 11.3. The quantitative estimate of drug-likeness (QED) is 0.792. The van der Waals surface area contributed by atoms with Crippen LogP contribution in [0.2, 0.25) is 0 Å². The monoisotopic (exact) mass is 277 g/mol. The molecule has 0 amide bonds. The van der Waals surface area contributed by atoms with Crippen molar-refractivity contribution in [1.29, 1.82) is 0 Å². The smallest absolute Gasteiger partial charge is 0.0661 e. The third-order valence-electron chi connectivity index (χ3n) is 3.90. The number of rotatable bonds is 8. The zero-order valence-electron chi connectivity index (χ0n) is 12.7. The molecule has 1 fully saturated rings. The van der Waals surface area contributed by atoms with Gasteiger partial charge in [-0.1, -0.05) is 38.1 Å². The highest BCUT2D eigenvalue weighted by molar-refractivity contribution is 5.25. The van der Waals surface area contributed by atoms with E-state index in [4.69, 9.17) is 9.47 Å². The standard InChI is InChI=1S/C17H27NO2/c1-3-14-5-7-16(8-6-14)17(18-4-2)13-20-12-15-9-10-19-11-15/h5-8,15,17-18H,3-4,9-13H2,1-2H3. The van der Waals surface area contributed by atoms with Gasteiger partial charge in [-0.25, -0.2) is 0 Å². The molecular formula is C17H27NO2. The molecule has 112 valence electrons.